The van der Waals surface area contributed by atoms with Crippen LogP contribution in [-0.4, -0.2) is 69.8 Å². The smallest absolute Gasteiger partial charge is 0.348 e. The highest BCUT2D eigenvalue weighted by molar-refractivity contribution is 7.13. The molecule has 0 bridgehead atoms. The SMILES string of the molecule is COc1ccc([C@H](Cc2c(Cl)cncc2Cl)OC(=O)c2ccc(CNCC(C(=O)OCCN(C)C)c3ccccc3)s2)cc1OC. The highest BCUT2D eigenvalue weighted by Gasteiger charge is 2.25. The number of thiophene rings is 1. The van der Waals surface area contributed by atoms with Crippen LogP contribution >= 0.6 is 34.5 Å². The van der Waals surface area contributed by atoms with Gasteiger partial charge in [0.15, 0.2) is 11.5 Å². The van der Waals surface area contributed by atoms with Gasteiger partial charge in [-0.15, -0.1) is 11.3 Å². The van der Waals surface area contributed by atoms with Gasteiger partial charge in [0.05, 0.1) is 30.2 Å². The minimum Gasteiger partial charge on any atom is -0.493 e. The summed E-state index contributed by atoms with van der Waals surface area (Å²) in [4.78, 5) is 33.7. The summed E-state index contributed by atoms with van der Waals surface area (Å²) < 4.78 is 22.5. The lowest BCUT2D eigenvalue weighted by Crippen LogP contribution is -2.29. The monoisotopic (exact) mass is 685 g/mol. The number of likely N-dealkylation sites (N-methyl/N-ethyl adjacent to an activating group) is 1. The van der Waals surface area contributed by atoms with Gasteiger partial charge in [0.1, 0.15) is 17.6 Å². The zero-order chi connectivity index (χ0) is 33.1. The van der Waals surface area contributed by atoms with E-state index in [1.807, 2.05) is 55.4 Å². The molecule has 4 rings (SSSR count). The molecule has 0 saturated carbocycles. The Kier molecular flexibility index (Phi) is 13.2. The molecule has 2 heterocycles. The van der Waals surface area contributed by atoms with E-state index in [0.29, 0.717) is 63.8 Å². The summed E-state index contributed by atoms with van der Waals surface area (Å²) in [6, 6.07) is 18.5. The van der Waals surface area contributed by atoms with Crippen molar-refractivity contribution in [1.82, 2.24) is 15.2 Å². The zero-order valence-corrected chi connectivity index (χ0v) is 28.5. The Labute approximate surface area is 283 Å². The van der Waals surface area contributed by atoms with Crippen molar-refractivity contribution >= 4 is 46.5 Å². The number of pyridine rings is 1. The van der Waals surface area contributed by atoms with Crippen molar-refractivity contribution in [2.24, 2.45) is 0 Å². The Morgan fingerprint density at radius 1 is 0.935 bits per heavy atom. The normalized spacial score (nSPS) is 12.4. The average molecular weight is 687 g/mol. The molecule has 0 aliphatic rings. The standard InChI is InChI=1S/C34H37Cl2N3O6S/c1-39(2)14-15-44-33(40)26(22-8-6-5-7-9-22)19-37-18-24-11-13-32(46-24)34(41)45-30(17-25-27(35)20-38-21-28(25)36)23-10-12-29(42-3)31(16-23)43-4/h5-13,16,20-21,26,30,37H,14-15,17-19H2,1-4H3/t26?,30-/m0/s1. The van der Waals surface area contributed by atoms with Gasteiger partial charge in [-0.1, -0.05) is 59.6 Å². The zero-order valence-electron chi connectivity index (χ0n) is 26.1. The van der Waals surface area contributed by atoms with E-state index in [-0.39, 0.29) is 12.4 Å². The van der Waals surface area contributed by atoms with Gasteiger partial charge in [-0.25, -0.2) is 4.79 Å². The summed E-state index contributed by atoms with van der Waals surface area (Å²) in [5, 5.41) is 4.09. The Balaban J connectivity index is 1.45. The van der Waals surface area contributed by atoms with Crippen LogP contribution in [0.3, 0.4) is 0 Å². The quantitative estimate of drug-likeness (QED) is 0.131. The fraction of sp³-hybridized carbons (Fsp3) is 0.324. The van der Waals surface area contributed by atoms with E-state index in [0.717, 1.165) is 10.4 Å². The van der Waals surface area contributed by atoms with Crippen LogP contribution in [0.2, 0.25) is 10.0 Å². The third-order valence-electron chi connectivity index (χ3n) is 7.15. The van der Waals surface area contributed by atoms with Crippen molar-refractivity contribution in [1.29, 1.82) is 0 Å². The van der Waals surface area contributed by atoms with E-state index in [2.05, 4.69) is 10.3 Å². The lowest BCUT2D eigenvalue weighted by Gasteiger charge is -2.20. The number of hydrogen-bond acceptors (Lipinski definition) is 10. The molecule has 2 aromatic heterocycles. The van der Waals surface area contributed by atoms with Gasteiger partial charge in [0, 0.05) is 43.3 Å². The summed E-state index contributed by atoms with van der Waals surface area (Å²) in [5.41, 5.74) is 2.16. The van der Waals surface area contributed by atoms with Crippen LogP contribution in [-0.2, 0) is 27.2 Å². The summed E-state index contributed by atoms with van der Waals surface area (Å²) in [6.07, 6.45) is 2.48. The van der Waals surface area contributed by atoms with Crippen molar-refractivity contribution in [3.63, 3.8) is 0 Å². The minimum atomic E-state index is -0.737. The second-order valence-electron chi connectivity index (χ2n) is 10.6. The average Bonchev–Trinajstić information content (AvgIpc) is 3.53. The third kappa shape index (κ3) is 9.67. The number of halogens is 2. The number of nitrogens with one attached hydrogen (secondary N) is 1. The van der Waals surface area contributed by atoms with Gasteiger partial charge >= 0.3 is 11.9 Å². The van der Waals surface area contributed by atoms with E-state index >= 15 is 0 Å². The van der Waals surface area contributed by atoms with Gasteiger partial charge in [0.2, 0.25) is 0 Å². The van der Waals surface area contributed by atoms with Gasteiger partial charge < -0.3 is 29.2 Å². The van der Waals surface area contributed by atoms with Crippen molar-refractivity contribution in [2.75, 3.05) is 48.0 Å². The van der Waals surface area contributed by atoms with Gasteiger partial charge in [-0.2, -0.15) is 0 Å². The molecule has 2 atom stereocenters. The fourth-order valence-corrected chi connectivity index (χ4v) is 6.04. The molecule has 1 N–H and O–H groups in total. The Morgan fingerprint density at radius 2 is 1.65 bits per heavy atom. The Bertz CT molecular complexity index is 1580. The second kappa shape index (κ2) is 17.3. The second-order valence-corrected chi connectivity index (χ2v) is 12.6. The molecule has 0 radical (unpaired) electrons. The van der Waals surface area contributed by atoms with Crippen molar-refractivity contribution in [2.45, 2.75) is 25.0 Å². The number of carbonyl (C=O) groups excluding carboxylic acids is 2. The molecule has 46 heavy (non-hydrogen) atoms. The van der Waals surface area contributed by atoms with Crippen LogP contribution in [0.25, 0.3) is 0 Å². The first-order valence-electron chi connectivity index (χ1n) is 14.6. The molecule has 9 nitrogen and oxygen atoms in total. The van der Waals surface area contributed by atoms with Crippen LogP contribution < -0.4 is 14.8 Å². The van der Waals surface area contributed by atoms with Crippen LogP contribution in [0, 0.1) is 0 Å². The van der Waals surface area contributed by atoms with Crippen LogP contribution in [0.4, 0.5) is 0 Å². The largest absolute Gasteiger partial charge is 0.493 e. The number of methoxy groups -OCH3 is 2. The topological polar surface area (TPSA) is 99.2 Å². The third-order valence-corrected chi connectivity index (χ3v) is 8.87. The fourth-order valence-electron chi connectivity index (χ4n) is 4.66. The van der Waals surface area contributed by atoms with E-state index in [4.69, 9.17) is 42.1 Å². The number of rotatable bonds is 16. The molecule has 0 saturated heterocycles. The van der Waals surface area contributed by atoms with Crippen LogP contribution in [0.15, 0.2) is 73.1 Å². The Morgan fingerprint density at radius 3 is 2.33 bits per heavy atom. The minimum absolute atomic E-state index is 0.215. The summed E-state index contributed by atoms with van der Waals surface area (Å²) >= 11 is 14.2. The molecular weight excluding hydrogens is 649 g/mol. The maximum atomic E-state index is 13.5. The lowest BCUT2D eigenvalue weighted by molar-refractivity contribution is -0.145. The highest BCUT2D eigenvalue weighted by atomic mass is 35.5. The van der Waals surface area contributed by atoms with Gasteiger partial charge in [-0.05, 0) is 55.1 Å². The van der Waals surface area contributed by atoms with E-state index in [1.165, 1.54) is 30.8 Å². The molecule has 1 unspecified atom stereocenters. The maximum absolute atomic E-state index is 13.5. The number of ether oxygens (including phenoxy) is 4. The molecule has 0 amide bonds. The lowest BCUT2D eigenvalue weighted by atomic mass is 9.99. The molecule has 0 aliphatic carbocycles. The number of esters is 2. The number of nitrogens with zero attached hydrogens (tertiary/aromatic N) is 2. The summed E-state index contributed by atoms with van der Waals surface area (Å²) in [7, 11) is 6.95. The predicted octanol–water partition coefficient (Wildman–Crippen LogP) is 6.59. The number of carbonyl (C=O) groups is 2. The van der Waals surface area contributed by atoms with Crippen molar-refractivity contribution in [3.05, 3.63) is 110 Å². The molecule has 2 aromatic carbocycles. The molecule has 4 aromatic rings. The molecule has 0 spiro atoms. The number of benzene rings is 2. The summed E-state index contributed by atoms with van der Waals surface area (Å²) in [6.45, 7) is 1.78. The first-order chi connectivity index (χ1) is 22.2. The van der Waals surface area contributed by atoms with Crippen molar-refractivity contribution in [3.8, 4) is 11.5 Å². The maximum Gasteiger partial charge on any atom is 0.348 e. The highest BCUT2D eigenvalue weighted by Crippen LogP contribution is 2.36. The predicted molar refractivity (Wildman–Crippen MR) is 180 cm³/mol. The first kappa shape index (κ1) is 35.2. The molecular formula is C34H37Cl2N3O6S. The van der Waals surface area contributed by atoms with E-state index in [1.54, 1.807) is 31.4 Å². The van der Waals surface area contributed by atoms with E-state index in [9.17, 15) is 9.59 Å². The molecule has 0 aliphatic heterocycles. The first-order valence-corrected chi connectivity index (χ1v) is 16.1. The van der Waals surface area contributed by atoms with Crippen LogP contribution in [0.1, 0.15) is 43.3 Å². The number of hydrogen-bond donors (Lipinski definition) is 1. The van der Waals surface area contributed by atoms with Crippen LogP contribution in [0.5, 0.6) is 11.5 Å². The molecule has 244 valence electrons. The molecule has 0 fully saturated rings. The van der Waals surface area contributed by atoms with Gasteiger partial charge in [-0.3, -0.25) is 9.78 Å². The van der Waals surface area contributed by atoms with E-state index < -0.39 is 18.0 Å². The Hall–Kier alpha value is -3.67. The van der Waals surface area contributed by atoms with Crippen molar-refractivity contribution < 1.29 is 28.5 Å². The van der Waals surface area contributed by atoms with Gasteiger partial charge in [0.25, 0.3) is 0 Å². The number of aromatic nitrogens is 1. The summed E-state index contributed by atoms with van der Waals surface area (Å²) in [5.74, 6) is -0.215. The molecule has 12 heteroatoms.